The van der Waals surface area contributed by atoms with Gasteiger partial charge in [-0.2, -0.15) is 14.7 Å². The fourth-order valence-corrected chi connectivity index (χ4v) is 3.28. The van der Waals surface area contributed by atoms with Crippen LogP contribution in [0.25, 0.3) is 27.7 Å². The first-order chi connectivity index (χ1) is 13.8. The fourth-order valence-electron chi connectivity index (χ4n) is 3.28. The molecule has 2 aromatic carbocycles. The van der Waals surface area contributed by atoms with Gasteiger partial charge in [0.2, 0.25) is 0 Å². The van der Waals surface area contributed by atoms with E-state index in [2.05, 4.69) is 25.6 Å². The summed E-state index contributed by atoms with van der Waals surface area (Å²) in [6.45, 7) is 0.435. The lowest BCUT2D eigenvalue weighted by Crippen LogP contribution is -2.14. The van der Waals surface area contributed by atoms with Crippen molar-refractivity contribution in [3.05, 3.63) is 89.0 Å². The zero-order chi connectivity index (χ0) is 18.9. The van der Waals surface area contributed by atoms with Gasteiger partial charge in [0, 0.05) is 23.1 Å². The van der Waals surface area contributed by atoms with E-state index in [0.717, 1.165) is 33.8 Å². The molecule has 136 valence electrons. The van der Waals surface area contributed by atoms with E-state index in [1.165, 1.54) is 0 Å². The van der Waals surface area contributed by atoms with Crippen molar-refractivity contribution in [1.82, 2.24) is 24.8 Å². The topological polar surface area (TPSA) is 88.0 Å². The standard InChI is InChI=1S/C21H16N6O/c28-21-16-9-5-4-8-15(16)18(25-26-21)13-22-20-12-17(14-6-2-1-3-7-14)24-19-10-11-23-27(19)20/h1-12,22H,13H2,(H,26,28). The molecule has 28 heavy (non-hydrogen) atoms. The number of aromatic nitrogens is 5. The van der Waals surface area contributed by atoms with Crippen molar-refractivity contribution in [1.29, 1.82) is 0 Å². The monoisotopic (exact) mass is 368 g/mol. The van der Waals surface area contributed by atoms with Crippen molar-refractivity contribution >= 4 is 22.2 Å². The first-order valence-corrected chi connectivity index (χ1v) is 8.90. The highest BCUT2D eigenvalue weighted by Gasteiger charge is 2.10. The van der Waals surface area contributed by atoms with Gasteiger partial charge in [0.25, 0.3) is 5.56 Å². The van der Waals surface area contributed by atoms with E-state index in [9.17, 15) is 4.79 Å². The molecule has 3 heterocycles. The molecule has 0 radical (unpaired) electrons. The molecule has 5 rings (SSSR count). The average molecular weight is 368 g/mol. The summed E-state index contributed by atoms with van der Waals surface area (Å²) in [6.07, 6.45) is 1.72. The van der Waals surface area contributed by atoms with E-state index < -0.39 is 0 Å². The predicted molar refractivity (Wildman–Crippen MR) is 108 cm³/mol. The molecule has 0 unspecified atom stereocenters. The van der Waals surface area contributed by atoms with Crippen LogP contribution in [0.5, 0.6) is 0 Å². The quantitative estimate of drug-likeness (QED) is 0.508. The van der Waals surface area contributed by atoms with Crippen molar-refractivity contribution in [3.8, 4) is 11.3 Å². The zero-order valence-corrected chi connectivity index (χ0v) is 14.8. The van der Waals surface area contributed by atoms with Crippen LogP contribution in [0.4, 0.5) is 5.82 Å². The molecule has 0 saturated heterocycles. The summed E-state index contributed by atoms with van der Waals surface area (Å²) >= 11 is 0. The Morgan fingerprint density at radius 2 is 1.75 bits per heavy atom. The van der Waals surface area contributed by atoms with E-state index in [-0.39, 0.29) is 5.56 Å². The van der Waals surface area contributed by atoms with Crippen LogP contribution in [-0.2, 0) is 6.54 Å². The Morgan fingerprint density at radius 1 is 0.964 bits per heavy atom. The number of benzene rings is 2. The van der Waals surface area contributed by atoms with Gasteiger partial charge in [0.05, 0.1) is 29.5 Å². The minimum Gasteiger partial charge on any atom is -0.364 e. The highest BCUT2D eigenvalue weighted by molar-refractivity contribution is 5.83. The first kappa shape index (κ1) is 16.2. The van der Waals surface area contributed by atoms with Crippen molar-refractivity contribution in [3.63, 3.8) is 0 Å². The third-order valence-corrected chi connectivity index (χ3v) is 4.64. The van der Waals surface area contributed by atoms with Gasteiger partial charge in [-0.1, -0.05) is 48.5 Å². The molecule has 0 aliphatic rings. The van der Waals surface area contributed by atoms with E-state index in [0.29, 0.717) is 11.9 Å². The second kappa shape index (κ2) is 6.62. The number of hydrogen-bond donors (Lipinski definition) is 2. The molecule has 0 saturated carbocycles. The van der Waals surface area contributed by atoms with Crippen LogP contribution in [0, 0.1) is 0 Å². The summed E-state index contributed by atoms with van der Waals surface area (Å²) in [5.74, 6) is 0.797. The largest absolute Gasteiger partial charge is 0.364 e. The minimum absolute atomic E-state index is 0.191. The second-order valence-electron chi connectivity index (χ2n) is 6.39. The molecule has 0 atom stereocenters. The number of fused-ring (bicyclic) bond motifs is 2. The van der Waals surface area contributed by atoms with E-state index in [4.69, 9.17) is 0 Å². The maximum absolute atomic E-state index is 12.0. The Hall–Kier alpha value is -4.00. The molecule has 7 nitrogen and oxygen atoms in total. The fraction of sp³-hybridized carbons (Fsp3) is 0.0476. The maximum Gasteiger partial charge on any atom is 0.272 e. The van der Waals surface area contributed by atoms with Gasteiger partial charge >= 0.3 is 0 Å². The van der Waals surface area contributed by atoms with Crippen LogP contribution in [-0.4, -0.2) is 24.8 Å². The van der Waals surface area contributed by atoms with Gasteiger partial charge in [-0.15, -0.1) is 0 Å². The molecule has 0 spiro atoms. The molecule has 0 aliphatic carbocycles. The lowest BCUT2D eigenvalue weighted by molar-refractivity contribution is 0.892. The predicted octanol–water partition coefficient (Wildman–Crippen LogP) is 3.24. The molecular formula is C21H16N6O. The van der Waals surface area contributed by atoms with Crippen molar-refractivity contribution in [2.45, 2.75) is 6.54 Å². The highest BCUT2D eigenvalue weighted by atomic mass is 16.1. The Balaban J connectivity index is 1.55. The zero-order valence-electron chi connectivity index (χ0n) is 14.8. The first-order valence-electron chi connectivity index (χ1n) is 8.90. The molecule has 0 aliphatic heterocycles. The third-order valence-electron chi connectivity index (χ3n) is 4.64. The van der Waals surface area contributed by atoms with Crippen LogP contribution in [0.3, 0.4) is 0 Å². The molecule has 0 fully saturated rings. The van der Waals surface area contributed by atoms with Crippen LogP contribution in [0.1, 0.15) is 5.69 Å². The second-order valence-corrected chi connectivity index (χ2v) is 6.39. The average Bonchev–Trinajstić information content (AvgIpc) is 3.23. The molecule has 0 bridgehead atoms. The normalized spacial score (nSPS) is 11.1. The summed E-state index contributed by atoms with van der Waals surface area (Å²) in [5.41, 5.74) is 3.21. The summed E-state index contributed by atoms with van der Waals surface area (Å²) in [4.78, 5) is 16.7. The number of anilines is 1. The van der Waals surface area contributed by atoms with Gasteiger partial charge < -0.3 is 5.32 Å². The summed E-state index contributed by atoms with van der Waals surface area (Å²) in [6, 6.07) is 21.3. The Morgan fingerprint density at radius 3 is 2.61 bits per heavy atom. The molecule has 0 amide bonds. The summed E-state index contributed by atoms with van der Waals surface area (Å²) in [5, 5.41) is 16.0. The van der Waals surface area contributed by atoms with Crippen molar-refractivity contribution < 1.29 is 0 Å². The smallest absolute Gasteiger partial charge is 0.272 e. The van der Waals surface area contributed by atoms with E-state index in [1.807, 2.05) is 60.7 Å². The minimum atomic E-state index is -0.191. The number of H-pyrrole nitrogens is 1. The summed E-state index contributed by atoms with van der Waals surface area (Å²) in [7, 11) is 0. The molecule has 5 aromatic rings. The SMILES string of the molecule is O=c1[nH]nc(CNc2cc(-c3ccccc3)nc3ccnn23)c2ccccc12. The van der Waals surface area contributed by atoms with E-state index in [1.54, 1.807) is 16.8 Å². The van der Waals surface area contributed by atoms with Crippen LogP contribution in [0.15, 0.2) is 77.7 Å². The Bertz CT molecular complexity index is 1340. The number of rotatable bonds is 4. The molecular weight excluding hydrogens is 352 g/mol. The number of nitrogens with one attached hydrogen (secondary N) is 2. The van der Waals surface area contributed by atoms with Gasteiger partial charge in [0.1, 0.15) is 5.82 Å². The lowest BCUT2D eigenvalue weighted by Gasteiger charge is -2.11. The molecule has 2 N–H and O–H groups in total. The highest BCUT2D eigenvalue weighted by Crippen LogP contribution is 2.22. The van der Waals surface area contributed by atoms with Gasteiger partial charge in [-0.25, -0.2) is 10.1 Å². The lowest BCUT2D eigenvalue weighted by atomic mass is 10.1. The number of nitrogens with zero attached hydrogens (tertiary/aromatic N) is 4. The Labute approximate surface area is 159 Å². The maximum atomic E-state index is 12.0. The van der Waals surface area contributed by atoms with Crippen LogP contribution >= 0.6 is 0 Å². The van der Waals surface area contributed by atoms with Gasteiger partial charge in [-0.3, -0.25) is 4.79 Å². The Kier molecular flexibility index (Phi) is 3.83. The van der Waals surface area contributed by atoms with Crippen LogP contribution in [0.2, 0.25) is 0 Å². The van der Waals surface area contributed by atoms with Crippen molar-refractivity contribution in [2.75, 3.05) is 5.32 Å². The summed E-state index contributed by atoms with van der Waals surface area (Å²) < 4.78 is 1.75. The number of aromatic amines is 1. The number of hydrogen-bond acceptors (Lipinski definition) is 5. The van der Waals surface area contributed by atoms with Gasteiger partial charge in [-0.05, 0) is 6.07 Å². The van der Waals surface area contributed by atoms with Crippen LogP contribution < -0.4 is 10.9 Å². The molecule has 7 heteroatoms. The van der Waals surface area contributed by atoms with Gasteiger partial charge in [0.15, 0.2) is 5.65 Å². The van der Waals surface area contributed by atoms with E-state index >= 15 is 0 Å². The van der Waals surface area contributed by atoms with Crippen molar-refractivity contribution in [2.24, 2.45) is 0 Å². The molecule has 3 aromatic heterocycles. The third kappa shape index (κ3) is 2.79.